The van der Waals surface area contributed by atoms with Crippen LogP contribution in [0.25, 0.3) is 5.69 Å². The van der Waals surface area contributed by atoms with Crippen LogP contribution in [0.1, 0.15) is 52.8 Å². The van der Waals surface area contributed by atoms with Gasteiger partial charge in [-0.2, -0.15) is 33.3 Å². The van der Waals surface area contributed by atoms with E-state index in [1.54, 1.807) is 13.0 Å². The summed E-state index contributed by atoms with van der Waals surface area (Å²) >= 11 is 0. The maximum Gasteiger partial charge on any atom is 0.416 e. The molecule has 1 aliphatic heterocycles. The van der Waals surface area contributed by atoms with Crippen molar-refractivity contribution >= 4 is 0 Å². The Morgan fingerprint density at radius 1 is 1.07 bits per heavy atom. The first kappa shape index (κ1) is 27.9. The summed E-state index contributed by atoms with van der Waals surface area (Å²) in [6.45, 7) is 3.71. The van der Waals surface area contributed by atoms with Crippen molar-refractivity contribution in [2.24, 2.45) is 0 Å². The highest BCUT2D eigenvalue weighted by Gasteiger charge is 2.35. The molecule has 0 spiro atoms. The number of nitrogens with zero attached hydrogens (tertiary/aromatic N) is 8. The number of likely N-dealkylation sites (tertiary alicyclic amines) is 1. The molecule has 1 N–H and O–H groups in total. The summed E-state index contributed by atoms with van der Waals surface area (Å²) in [7, 11) is 3.96. The Kier molecular flexibility index (Phi) is 8.24. The Morgan fingerprint density at radius 3 is 2.55 bits per heavy atom. The second-order valence-electron chi connectivity index (χ2n) is 10.3. The first-order valence-corrected chi connectivity index (χ1v) is 13.1. The molecule has 40 heavy (non-hydrogen) atoms. The first-order chi connectivity index (χ1) is 19.2. The third-order valence-electron chi connectivity index (χ3n) is 6.98. The van der Waals surface area contributed by atoms with Crippen LogP contribution in [-0.4, -0.2) is 72.2 Å². The number of hydrogen-bond donors (Lipinski definition) is 1. The number of H-pyrrole nitrogens is 1. The van der Waals surface area contributed by atoms with E-state index in [-0.39, 0.29) is 24.4 Å². The summed E-state index contributed by atoms with van der Waals surface area (Å²) in [6.07, 6.45) is -3.11. The summed E-state index contributed by atoms with van der Waals surface area (Å²) in [5.41, 5.74) is 2.69. The summed E-state index contributed by atoms with van der Waals surface area (Å²) in [5, 5.41) is 22.7. The Morgan fingerprint density at radius 2 is 1.85 bits per heavy atom. The van der Waals surface area contributed by atoms with Crippen molar-refractivity contribution in [1.82, 2.24) is 45.4 Å². The lowest BCUT2D eigenvalue weighted by Crippen LogP contribution is -2.42. The van der Waals surface area contributed by atoms with Gasteiger partial charge < -0.3 is 9.64 Å². The molecule has 3 heterocycles. The molecular weight excluding hydrogens is 523 g/mol. The summed E-state index contributed by atoms with van der Waals surface area (Å²) in [6, 6.07) is 13.8. The Hall–Kier alpha value is -3.68. The number of nitrogens with one attached hydrogen (secondary N) is 1. The van der Waals surface area contributed by atoms with Crippen LogP contribution in [0.3, 0.4) is 0 Å². The molecule has 0 amide bonds. The van der Waals surface area contributed by atoms with Gasteiger partial charge in [-0.25, -0.2) is 0 Å². The number of aromatic amines is 1. The quantitative estimate of drug-likeness (QED) is 0.330. The zero-order chi connectivity index (χ0) is 28.3. The number of tetrazole rings is 1. The van der Waals surface area contributed by atoms with E-state index in [0.29, 0.717) is 24.5 Å². The largest absolute Gasteiger partial charge is 0.416 e. The van der Waals surface area contributed by atoms with Crippen molar-refractivity contribution < 1.29 is 17.9 Å². The van der Waals surface area contributed by atoms with Crippen molar-refractivity contribution in [3.8, 4) is 5.69 Å². The van der Waals surface area contributed by atoms with Gasteiger partial charge in [-0.1, -0.05) is 30.3 Å². The fourth-order valence-electron chi connectivity index (χ4n) is 5.19. The third-order valence-corrected chi connectivity index (χ3v) is 6.98. The topological polar surface area (TPSA) is 101 Å². The van der Waals surface area contributed by atoms with Crippen molar-refractivity contribution in [3.05, 3.63) is 82.4 Å². The van der Waals surface area contributed by atoms with Crippen LogP contribution in [0.15, 0.2) is 48.5 Å². The van der Waals surface area contributed by atoms with E-state index in [0.717, 1.165) is 48.5 Å². The smallest absolute Gasteiger partial charge is 0.372 e. The van der Waals surface area contributed by atoms with Gasteiger partial charge in [0.05, 0.1) is 30.0 Å². The predicted molar refractivity (Wildman–Crippen MR) is 140 cm³/mol. The number of piperidine rings is 1. The third kappa shape index (κ3) is 6.37. The van der Waals surface area contributed by atoms with Crippen LogP contribution in [0.2, 0.25) is 0 Å². The molecule has 2 atom stereocenters. The van der Waals surface area contributed by atoms with Gasteiger partial charge in [0, 0.05) is 13.1 Å². The lowest BCUT2D eigenvalue weighted by atomic mass is 9.92. The summed E-state index contributed by atoms with van der Waals surface area (Å²) < 4.78 is 49.1. The Bertz CT molecular complexity index is 1400. The molecular formula is C27H32F3N9O. The molecule has 10 nitrogen and oxygen atoms in total. The maximum absolute atomic E-state index is 13.8. The SMILES string of the molecule is Cc1nnnn1-c1cc(COC2CCCN(Cc3n[nH]nc3CN(C)C)C2c2ccccc2)cc(C(F)(F)F)c1. The molecule has 2 aromatic carbocycles. The van der Waals surface area contributed by atoms with E-state index in [1.807, 2.05) is 37.2 Å². The number of alkyl halides is 3. The van der Waals surface area contributed by atoms with Crippen molar-refractivity contribution in [2.75, 3.05) is 20.6 Å². The van der Waals surface area contributed by atoms with Gasteiger partial charge in [-0.15, -0.1) is 5.10 Å². The molecule has 1 saturated heterocycles. The normalized spacial score (nSPS) is 18.5. The summed E-state index contributed by atoms with van der Waals surface area (Å²) in [5.74, 6) is 0.389. The molecule has 1 fully saturated rings. The average molecular weight is 556 g/mol. The first-order valence-electron chi connectivity index (χ1n) is 13.1. The molecule has 4 aromatic rings. The second kappa shape index (κ2) is 11.8. The maximum atomic E-state index is 13.8. The number of halogens is 3. The van der Waals surface area contributed by atoms with Gasteiger partial charge in [0.15, 0.2) is 5.82 Å². The number of aromatic nitrogens is 7. The average Bonchev–Trinajstić information content (AvgIpc) is 3.55. The van der Waals surface area contributed by atoms with Crippen LogP contribution < -0.4 is 0 Å². The zero-order valence-corrected chi connectivity index (χ0v) is 22.6. The molecule has 5 rings (SSSR count). The van der Waals surface area contributed by atoms with E-state index in [4.69, 9.17) is 4.74 Å². The fourth-order valence-corrected chi connectivity index (χ4v) is 5.19. The molecule has 2 unspecified atom stereocenters. The number of rotatable bonds is 9. The van der Waals surface area contributed by atoms with Crippen LogP contribution in [0, 0.1) is 6.92 Å². The van der Waals surface area contributed by atoms with Crippen molar-refractivity contribution in [2.45, 2.75) is 57.8 Å². The van der Waals surface area contributed by atoms with E-state index >= 15 is 0 Å². The van der Waals surface area contributed by atoms with Gasteiger partial charge >= 0.3 is 6.18 Å². The van der Waals surface area contributed by atoms with E-state index < -0.39 is 11.7 Å². The van der Waals surface area contributed by atoms with Crippen molar-refractivity contribution in [3.63, 3.8) is 0 Å². The Labute approximate surface area is 230 Å². The number of aryl methyl sites for hydroxylation is 1. The van der Waals surface area contributed by atoms with Gasteiger partial charge in [0.2, 0.25) is 0 Å². The summed E-state index contributed by atoms with van der Waals surface area (Å²) in [4.78, 5) is 4.36. The molecule has 2 aromatic heterocycles. The highest BCUT2D eigenvalue weighted by molar-refractivity contribution is 5.41. The lowest BCUT2D eigenvalue weighted by Gasteiger charge is -2.41. The van der Waals surface area contributed by atoms with E-state index in [9.17, 15) is 13.2 Å². The Balaban J connectivity index is 1.41. The van der Waals surface area contributed by atoms with Gasteiger partial charge in [0.1, 0.15) is 11.4 Å². The minimum atomic E-state index is -4.53. The minimum Gasteiger partial charge on any atom is -0.372 e. The van der Waals surface area contributed by atoms with Crippen LogP contribution in [0.4, 0.5) is 13.2 Å². The van der Waals surface area contributed by atoms with E-state index in [1.165, 1.54) is 4.68 Å². The number of benzene rings is 2. The lowest BCUT2D eigenvalue weighted by molar-refractivity contribution is -0.137. The van der Waals surface area contributed by atoms with Crippen molar-refractivity contribution in [1.29, 1.82) is 0 Å². The van der Waals surface area contributed by atoms with Crippen LogP contribution >= 0.6 is 0 Å². The standard InChI is InChI=1S/C27H32F3N9O/c1-18-31-35-36-39(18)22-13-19(12-21(14-22)27(28,29)30)17-40-25-10-7-11-38(26(25)20-8-5-4-6-9-20)16-24-23(15-37(2)3)32-34-33-24/h4-6,8-9,12-14,25-26H,7,10-11,15-17H2,1-3H3,(H,32,33,34). The molecule has 0 radical (unpaired) electrons. The zero-order valence-electron chi connectivity index (χ0n) is 22.6. The number of ether oxygens (including phenoxy) is 1. The fraction of sp³-hybridized carbons (Fsp3) is 0.444. The monoisotopic (exact) mass is 555 g/mol. The van der Waals surface area contributed by atoms with Gasteiger partial charge in [-0.3, -0.25) is 4.90 Å². The molecule has 212 valence electrons. The van der Waals surface area contributed by atoms with Gasteiger partial charge in [-0.05, 0) is 80.2 Å². The van der Waals surface area contributed by atoms with Crippen LogP contribution in [-0.2, 0) is 30.6 Å². The predicted octanol–water partition coefficient (Wildman–Crippen LogP) is 4.09. The molecule has 0 bridgehead atoms. The highest BCUT2D eigenvalue weighted by Crippen LogP contribution is 2.36. The molecule has 0 saturated carbocycles. The molecule has 1 aliphatic rings. The molecule has 13 heteroatoms. The minimum absolute atomic E-state index is 0.00970. The molecule has 0 aliphatic carbocycles. The van der Waals surface area contributed by atoms with Crippen LogP contribution in [0.5, 0.6) is 0 Å². The van der Waals surface area contributed by atoms with E-state index in [2.05, 4.69) is 48.0 Å². The highest BCUT2D eigenvalue weighted by atomic mass is 19.4. The number of hydrogen-bond acceptors (Lipinski definition) is 8. The second-order valence-corrected chi connectivity index (χ2v) is 10.3. The van der Waals surface area contributed by atoms with Gasteiger partial charge in [0.25, 0.3) is 0 Å².